The van der Waals surface area contributed by atoms with Crippen LogP contribution in [0.3, 0.4) is 0 Å². The molecule has 0 atom stereocenters. The standard InChI is InChI=1S/C21H21F2N5O/c1-12(2)21(22,23)18-13(3)26-19-15(18)10-14(11-25-19)16-6-4-7-17(27-16)28-9-5-8-24-20(28)29/h4,6-7,10-11H,1,5,8-9H2,2-3H3,(H,24,29)(H,25,26). The van der Waals surface area contributed by atoms with E-state index < -0.39 is 5.92 Å². The highest BCUT2D eigenvalue weighted by molar-refractivity contribution is 5.92. The monoisotopic (exact) mass is 397 g/mol. The zero-order chi connectivity index (χ0) is 20.8. The molecular weight excluding hydrogens is 376 g/mol. The number of H-pyrrole nitrogens is 1. The van der Waals surface area contributed by atoms with E-state index in [4.69, 9.17) is 0 Å². The zero-order valence-corrected chi connectivity index (χ0v) is 16.2. The fourth-order valence-electron chi connectivity index (χ4n) is 3.54. The normalized spacial score (nSPS) is 14.9. The molecule has 2 amide bonds. The Morgan fingerprint density at radius 2 is 2.14 bits per heavy atom. The highest BCUT2D eigenvalue weighted by Crippen LogP contribution is 2.41. The van der Waals surface area contributed by atoms with Crippen molar-refractivity contribution in [2.24, 2.45) is 0 Å². The van der Waals surface area contributed by atoms with Gasteiger partial charge in [-0.25, -0.2) is 14.8 Å². The topological polar surface area (TPSA) is 73.9 Å². The highest BCUT2D eigenvalue weighted by atomic mass is 19.3. The minimum absolute atomic E-state index is 0.124. The number of hydrogen-bond acceptors (Lipinski definition) is 3. The van der Waals surface area contributed by atoms with Crippen LogP contribution in [0.4, 0.5) is 19.4 Å². The summed E-state index contributed by atoms with van der Waals surface area (Å²) in [5.74, 6) is -2.67. The van der Waals surface area contributed by atoms with Gasteiger partial charge in [-0.3, -0.25) is 4.90 Å². The number of aromatic amines is 1. The maximum atomic E-state index is 14.8. The Morgan fingerprint density at radius 1 is 1.34 bits per heavy atom. The molecule has 1 aliphatic heterocycles. The lowest BCUT2D eigenvalue weighted by Gasteiger charge is -2.26. The molecule has 1 saturated heterocycles. The largest absolute Gasteiger partial charge is 0.343 e. The molecule has 0 radical (unpaired) electrons. The van der Waals surface area contributed by atoms with Crippen LogP contribution in [0, 0.1) is 6.92 Å². The number of amides is 2. The van der Waals surface area contributed by atoms with Crippen LogP contribution in [0.1, 0.15) is 24.6 Å². The van der Waals surface area contributed by atoms with E-state index in [-0.39, 0.29) is 17.2 Å². The van der Waals surface area contributed by atoms with Crippen LogP contribution >= 0.6 is 0 Å². The van der Waals surface area contributed by atoms with Crippen LogP contribution in [0.2, 0.25) is 0 Å². The number of anilines is 1. The van der Waals surface area contributed by atoms with Crippen LogP contribution in [-0.2, 0) is 5.92 Å². The van der Waals surface area contributed by atoms with Gasteiger partial charge in [0.2, 0.25) is 0 Å². The van der Waals surface area contributed by atoms with Crippen molar-refractivity contribution in [3.8, 4) is 11.3 Å². The van der Waals surface area contributed by atoms with Crippen LogP contribution in [-0.4, -0.2) is 34.1 Å². The molecule has 0 bridgehead atoms. The molecule has 0 aliphatic carbocycles. The van der Waals surface area contributed by atoms with Crippen LogP contribution in [0.25, 0.3) is 22.3 Å². The fourth-order valence-corrected chi connectivity index (χ4v) is 3.54. The molecule has 0 aromatic carbocycles. The smallest absolute Gasteiger partial charge is 0.323 e. The van der Waals surface area contributed by atoms with Crippen LogP contribution in [0.15, 0.2) is 42.6 Å². The average Bonchev–Trinajstić information content (AvgIpc) is 3.03. The lowest BCUT2D eigenvalue weighted by Crippen LogP contribution is -2.46. The first-order valence-corrected chi connectivity index (χ1v) is 9.34. The van der Waals surface area contributed by atoms with Crippen molar-refractivity contribution in [3.05, 3.63) is 53.9 Å². The molecule has 1 aliphatic rings. The quantitative estimate of drug-likeness (QED) is 0.636. The molecule has 3 aromatic heterocycles. The molecule has 4 rings (SSSR count). The minimum Gasteiger partial charge on any atom is -0.343 e. The number of fused-ring (bicyclic) bond motifs is 1. The van der Waals surface area contributed by atoms with Crippen molar-refractivity contribution >= 4 is 22.9 Å². The summed E-state index contributed by atoms with van der Waals surface area (Å²) >= 11 is 0. The summed E-state index contributed by atoms with van der Waals surface area (Å²) < 4.78 is 29.5. The summed E-state index contributed by atoms with van der Waals surface area (Å²) in [6.07, 6.45) is 2.41. The Labute approximate surface area is 166 Å². The number of nitrogens with zero attached hydrogens (tertiary/aromatic N) is 3. The van der Waals surface area contributed by atoms with E-state index in [0.29, 0.717) is 46.9 Å². The molecule has 8 heteroatoms. The maximum Gasteiger partial charge on any atom is 0.323 e. The molecule has 1 fully saturated rings. The second kappa shape index (κ2) is 6.95. The van der Waals surface area contributed by atoms with Gasteiger partial charge in [-0.05, 0) is 44.0 Å². The van der Waals surface area contributed by atoms with E-state index in [1.54, 1.807) is 42.3 Å². The number of urea groups is 1. The van der Waals surface area contributed by atoms with Crippen molar-refractivity contribution in [2.75, 3.05) is 18.0 Å². The lowest BCUT2D eigenvalue weighted by atomic mass is 9.99. The van der Waals surface area contributed by atoms with Crippen molar-refractivity contribution in [2.45, 2.75) is 26.2 Å². The summed E-state index contributed by atoms with van der Waals surface area (Å²) in [4.78, 5) is 25.5. The molecule has 0 saturated carbocycles. The van der Waals surface area contributed by atoms with E-state index in [9.17, 15) is 13.6 Å². The molecule has 3 aromatic rings. The SMILES string of the molecule is C=C(C)C(F)(F)c1c(C)[nH]c2ncc(-c3cccc(N4CCCNC4=O)n3)cc12. The minimum atomic E-state index is -3.18. The molecular formula is C21H21F2N5O. The Bertz CT molecular complexity index is 1120. The van der Waals surface area contributed by atoms with Crippen LogP contribution < -0.4 is 10.2 Å². The van der Waals surface area contributed by atoms with Crippen molar-refractivity contribution in [1.82, 2.24) is 20.3 Å². The third-order valence-electron chi connectivity index (χ3n) is 5.07. The molecule has 0 spiro atoms. The van der Waals surface area contributed by atoms with E-state index in [0.717, 1.165) is 6.42 Å². The number of aromatic nitrogens is 3. The summed E-state index contributed by atoms with van der Waals surface area (Å²) in [6, 6.07) is 6.76. The number of carbonyl (C=O) groups is 1. The van der Waals surface area contributed by atoms with Gasteiger partial charge in [0.15, 0.2) is 0 Å². The number of hydrogen-bond donors (Lipinski definition) is 2. The first-order chi connectivity index (χ1) is 13.8. The number of nitrogens with one attached hydrogen (secondary N) is 2. The third kappa shape index (κ3) is 3.24. The van der Waals surface area contributed by atoms with Crippen LogP contribution in [0.5, 0.6) is 0 Å². The number of pyridine rings is 2. The molecule has 29 heavy (non-hydrogen) atoms. The van der Waals surface area contributed by atoms with Gasteiger partial charge in [-0.15, -0.1) is 0 Å². The van der Waals surface area contributed by atoms with Gasteiger partial charge in [0.1, 0.15) is 11.5 Å². The predicted octanol–water partition coefficient (Wildman–Crippen LogP) is 4.52. The van der Waals surface area contributed by atoms with Gasteiger partial charge in [0.05, 0.1) is 11.3 Å². The first-order valence-electron chi connectivity index (χ1n) is 9.34. The van der Waals surface area contributed by atoms with E-state index in [2.05, 4.69) is 26.8 Å². The van der Waals surface area contributed by atoms with Gasteiger partial charge in [0.25, 0.3) is 5.92 Å². The Kier molecular flexibility index (Phi) is 4.56. The Hall–Kier alpha value is -3.29. The van der Waals surface area contributed by atoms with Gasteiger partial charge >= 0.3 is 6.03 Å². The molecule has 6 nitrogen and oxygen atoms in total. The zero-order valence-electron chi connectivity index (χ0n) is 16.2. The summed E-state index contributed by atoms with van der Waals surface area (Å²) in [5.41, 5.74) is 1.52. The summed E-state index contributed by atoms with van der Waals surface area (Å²) in [6.45, 7) is 7.57. The number of allylic oxidation sites excluding steroid dienone is 1. The number of carbonyl (C=O) groups excluding carboxylic acids is 1. The molecule has 4 heterocycles. The second-order valence-electron chi connectivity index (χ2n) is 7.22. The molecule has 150 valence electrons. The third-order valence-corrected chi connectivity index (χ3v) is 5.07. The summed E-state index contributed by atoms with van der Waals surface area (Å²) in [7, 11) is 0. The molecule has 2 N–H and O–H groups in total. The summed E-state index contributed by atoms with van der Waals surface area (Å²) in [5, 5.41) is 3.12. The van der Waals surface area contributed by atoms with E-state index in [1.165, 1.54) is 6.92 Å². The number of rotatable bonds is 4. The maximum absolute atomic E-state index is 14.8. The van der Waals surface area contributed by atoms with Crippen molar-refractivity contribution in [1.29, 1.82) is 0 Å². The predicted molar refractivity (Wildman–Crippen MR) is 108 cm³/mol. The molecule has 0 unspecified atom stereocenters. The second-order valence-corrected chi connectivity index (χ2v) is 7.22. The van der Waals surface area contributed by atoms with Gasteiger partial charge in [0, 0.05) is 35.9 Å². The highest BCUT2D eigenvalue weighted by Gasteiger charge is 2.37. The lowest BCUT2D eigenvalue weighted by molar-refractivity contribution is 0.0395. The van der Waals surface area contributed by atoms with E-state index >= 15 is 0 Å². The Morgan fingerprint density at radius 3 is 2.86 bits per heavy atom. The first kappa shape index (κ1) is 19.0. The van der Waals surface area contributed by atoms with Crippen molar-refractivity contribution < 1.29 is 13.6 Å². The number of alkyl halides is 2. The van der Waals surface area contributed by atoms with E-state index in [1.807, 2.05) is 0 Å². The van der Waals surface area contributed by atoms with Crippen molar-refractivity contribution in [3.63, 3.8) is 0 Å². The average molecular weight is 397 g/mol. The van der Waals surface area contributed by atoms with Gasteiger partial charge in [-0.2, -0.15) is 8.78 Å². The Balaban J connectivity index is 1.80. The van der Waals surface area contributed by atoms with Gasteiger partial charge < -0.3 is 10.3 Å². The number of aryl methyl sites for hydroxylation is 1. The van der Waals surface area contributed by atoms with Gasteiger partial charge in [-0.1, -0.05) is 12.6 Å². The number of halogens is 2. The fraction of sp³-hybridized carbons (Fsp3) is 0.286.